The highest BCUT2D eigenvalue weighted by Gasteiger charge is 2.17. The molecule has 0 unspecified atom stereocenters. The molecule has 0 fully saturated rings. The minimum absolute atomic E-state index is 0.0638. The van der Waals surface area contributed by atoms with Gasteiger partial charge in [-0.05, 0) is 55.0 Å². The van der Waals surface area contributed by atoms with Crippen molar-refractivity contribution in [3.63, 3.8) is 0 Å². The third-order valence-electron chi connectivity index (χ3n) is 5.23. The molecular weight excluding hydrogens is 442 g/mol. The number of methoxy groups -OCH3 is 2. The van der Waals surface area contributed by atoms with Crippen molar-refractivity contribution in [2.75, 3.05) is 19.4 Å². The molecule has 0 saturated heterocycles. The van der Waals surface area contributed by atoms with Gasteiger partial charge in [-0.25, -0.2) is 4.79 Å². The van der Waals surface area contributed by atoms with Crippen LogP contribution in [0.1, 0.15) is 16.1 Å². The van der Waals surface area contributed by atoms with Crippen LogP contribution in [0.4, 0.5) is 5.69 Å². The van der Waals surface area contributed by atoms with Crippen LogP contribution in [0.25, 0.3) is 22.1 Å². The van der Waals surface area contributed by atoms with Crippen molar-refractivity contribution in [2.45, 2.75) is 6.92 Å². The van der Waals surface area contributed by atoms with Crippen molar-refractivity contribution in [3.05, 3.63) is 87.4 Å². The third kappa shape index (κ3) is 4.29. The summed E-state index contributed by atoms with van der Waals surface area (Å²) in [7, 11) is 3.04. The molecule has 9 heteroatoms. The molecule has 0 bridgehead atoms. The number of benzene rings is 3. The molecule has 0 saturated carbocycles. The van der Waals surface area contributed by atoms with Crippen molar-refractivity contribution in [3.8, 4) is 28.4 Å². The zero-order valence-corrected chi connectivity index (χ0v) is 18.5. The second-order valence-corrected chi connectivity index (χ2v) is 7.30. The normalized spacial score (nSPS) is 10.7. The molecule has 174 valence electrons. The van der Waals surface area contributed by atoms with Crippen LogP contribution in [0, 0.1) is 12.1 Å². The summed E-state index contributed by atoms with van der Waals surface area (Å²) in [5, 5.41) is 20.0. The lowest BCUT2D eigenvalue weighted by Crippen LogP contribution is -2.12. The van der Waals surface area contributed by atoms with Crippen LogP contribution in [0.15, 0.2) is 69.9 Å². The number of nitrogens with zero attached hydrogens (tertiary/aromatic N) is 1. The second-order valence-electron chi connectivity index (χ2n) is 7.30. The molecule has 9 nitrogen and oxygen atoms in total. The quantitative estimate of drug-likeness (QED) is 0.247. The number of rotatable bonds is 6. The molecule has 0 aliphatic heterocycles. The van der Waals surface area contributed by atoms with Crippen molar-refractivity contribution in [2.24, 2.45) is 0 Å². The van der Waals surface area contributed by atoms with Crippen molar-refractivity contribution >= 4 is 22.6 Å². The fraction of sp³-hybridized carbons (Fsp3) is 0.120. The van der Waals surface area contributed by atoms with Crippen LogP contribution in [0.2, 0.25) is 0 Å². The van der Waals surface area contributed by atoms with Crippen LogP contribution >= 0.6 is 0 Å². The van der Waals surface area contributed by atoms with E-state index < -0.39 is 5.97 Å². The van der Waals surface area contributed by atoms with E-state index in [2.05, 4.69) is 0 Å². The number of esters is 1. The van der Waals surface area contributed by atoms with Gasteiger partial charge in [0.2, 0.25) is 5.43 Å². The van der Waals surface area contributed by atoms with Crippen LogP contribution in [0.5, 0.6) is 17.2 Å². The monoisotopic (exact) mass is 462 g/mol. The largest absolute Gasteiger partial charge is 0.733 e. The number of aryl methyl sites for hydroxylation is 1. The zero-order chi connectivity index (χ0) is 24.4. The Morgan fingerprint density at radius 1 is 1.00 bits per heavy atom. The molecule has 0 radical (unpaired) electrons. The lowest BCUT2D eigenvalue weighted by atomic mass is 10.0. The Morgan fingerprint density at radius 3 is 2.47 bits per heavy atom. The van der Waals surface area contributed by atoms with E-state index in [1.165, 1.54) is 56.7 Å². The zero-order valence-electron chi connectivity index (χ0n) is 18.5. The Hall–Kier alpha value is -4.34. The smallest absolute Gasteiger partial charge is 0.343 e. The highest BCUT2D eigenvalue weighted by atomic mass is 16.8. The molecule has 0 atom stereocenters. The minimum atomic E-state index is -0.746. The molecule has 1 aromatic heterocycles. The van der Waals surface area contributed by atoms with Gasteiger partial charge in [-0.3, -0.25) is 10.0 Å². The molecule has 0 amide bonds. The Labute approximate surface area is 193 Å². The molecule has 0 aliphatic carbocycles. The number of fused-ring (bicyclic) bond motifs is 1. The van der Waals surface area contributed by atoms with Crippen LogP contribution in [-0.2, 0) is 0 Å². The summed E-state index contributed by atoms with van der Waals surface area (Å²) < 4.78 is 21.8. The van der Waals surface area contributed by atoms with Gasteiger partial charge >= 0.3 is 5.97 Å². The Morgan fingerprint density at radius 2 is 1.76 bits per heavy atom. The topological polar surface area (TPSA) is 122 Å². The van der Waals surface area contributed by atoms with Crippen LogP contribution in [0.3, 0.4) is 0 Å². The summed E-state index contributed by atoms with van der Waals surface area (Å²) in [6.07, 6.45) is 0. The van der Waals surface area contributed by atoms with E-state index in [4.69, 9.17) is 23.8 Å². The number of carbonyl (C=O) groups is 1. The Kier molecular flexibility index (Phi) is 6.22. The first-order chi connectivity index (χ1) is 16.3. The lowest BCUT2D eigenvalue weighted by molar-refractivity contribution is 0.0735. The number of ether oxygens (including phenoxy) is 3. The average Bonchev–Trinajstić information content (AvgIpc) is 2.83. The average molecular weight is 462 g/mol. The first-order valence-corrected chi connectivity index (χ1v) is 10.1. The maximum atomic E-state index is 13.3. The lowest BCUT2D eigenvalue weighted by Gasteiger charge is -2.21. The van der Waals surface area contributed by atoms with Crippen molar-refractivity contribution in [1.29, 1.82) is 0 Å². The minimum Gasteiger partial charge on any atom is -0.733 e. The SMILES string of the molecule is COc1ccc(-c2c(C)oc3cc(OC(=O)c4cccc(N([O-])O)c4)ccc3c2=O)cc1OC. The number of hydrogen-bond donors (Lipinski definition) is 1. The Balaban J connectivity index is 1.69. The van der Waals surface area contributed by atoms with Gasteiger partial charge in [0.1, 0.15) is 17.1 Å². The van der Waals surface area contributed by atoms with Gasteiger partial charge in [-0.2, -0.15) is 0 Å². The van der Waals surface area contributed by atoms with Gasteiger partial charge in [-0.1, -0.05) is 12.1 Å². The molecular formula is C25H20NO8-. The maximum absolute atomic E-state index is 13.3. The fourth-order valence-corrected chi connectivity index (χ4v) is 3.59. The summed E-state index contributed by atoms with van der Waals surface area (Å²) in [5.41, 5.74) is 0.923. The summed E-state index contributed by atoms with van der Waals surface area (Å²) >= 11 is 0. The van der Waals surface area contributed by atoms with E-state index in [-0.39, 0.29) is 33.2 Å². The molecule has 4 rings (SSSR count). The molecule has 3 aromatic carbocycles. The van der Waals surface area contributed by atoms with Crippen LogP contribution < -0.4 is 24.9 Å². The standard InChI is InChI=1S/C25H20NO8/c1-14-23(15-7-10-20(31-2)22(12-15)32-3)24(27)19-9-8-18(13-21(19)33-14)34-25(28)16-5-4-6-17(11-16)26(29)30/h4-13,29H,1-3H3/q-1. The van der Waals surface area contributed by atoms with Gasteiger partial charge in [0, 0.05) is 6.07 Å². The highest BCUT2D eigenvalue weighted by molar-refractivity contribution is 5.93. The first kappa shape index (κ1) is 22.8. The van der Waals surface area contributed by atoms with E-state index in [0.29, 0.717) is 33.8 Å². The number of hydrogen-bond acceptors (Lipinski definition) is 9. The van der Waals surface area contributed by atoms with E-state index >= 15 is 0 Å². The predicted molar refractivity (Wildman–Crippen MR) is 125 cm³/mol. The molecule has 0 spiro atoms. The van der Waals surface area contributed by atoms with E-state index in [1.54, 1.807) is 25.1 Å². The molecule has 1 heterocycles. The predicted octanol–water partition coefficient (Wildman–Crippen LogP) is 4.70. The van der Waals surface area contributed by atoms with Gasteiger partial charge in [0.05, 0.1) is 36.4 Å². The second kappa shape index (κ2) is 9.26. The number of carbonyl (C=O) groups excluding carboxylic acids is 1. The van der Waals surface area contributed by atoms with E-state index in [9.17, 15) is 14.8 Å². The fourth-order valence-electron chi connectivity index (χ4n) is 3.59. The number of anilines is 1. The van der Waals surface area contributed by atoms with Gasteiger partial charge < -0.3 is 29.1 Å². The Bertz CT molecular complexity index is 1440. The van der Waals surface area contributed by atoms with Crippen molar-refractivity contribution in [1.82, 2.24) is 0 Å². The van der Waals surface area contributed by atoms with Crippen molar-refractivity contribution < 1.29 is 28.6 Å². The molecule has 34 heavy (non-hydrogen) atoms. The molecule has 4 aromatic rings. The van der Waals surface area contributed by atoms with Crippen LogP contribution in [-0.4, -0.2) is 25.4 Å². The first-order valence-electron chi connectivity index (χ1n) is 10.1. The van der Waals surface area contributed by atoms with Gasteiger partial charge in [0.25, 0.3) is 0 Å². The summed E-state index contributed by atoms with van der Waals surface area (Å²) in [5.74, 6) is 0.787. The third-order valence-corrected chi connectivity index (χ3v) is 5.23. The van der Waals surface area contributed by atoms with E-state index in [1.807, 2.05) is 0 Å². The molecule has 0 aliphatic rings. The van der Waals surface area contributed by atoms with Gasteiger partial charge in [-0.15, -0.1) is 0 Å². The summed E-state index contributed by atoms with van der Waals surface area (Å²) in [4.78, 5) is 25.7. The summed E-state index contributed by atoms with van der Waals surface area (Å²) in [6, 6.07) is 15.0. The molecule has 1 N–H and O–H groups in total. The van der Waals surface area contributed by atoms with E-state index in [0.717, 1.165) is 0 Å². The summed E-state index contributed by atoms with van der Waals surface area (Å²) in [6.45, 7) is 1.67. The maximum Gasteiger partial charge on any atom is 0.343 e. The highest BCUT2D eigenvalue weighted by Crippen LogP contribution is 2.33. The van der Waals surface area contributed by atoms with Gasteiger partial charge in [0.15, 0.2) is 11.5 Å².